The van der Waals surface area contributed by atoms with E-state index in [4.69, 9.17) is 11.6 Å². The molecular weight excluding hydrogens is 464 g/mol. The van der Waals surface area contributed by atoms with Gasteiger partial charge in [0.2, 0.25) is 5.91 Å². The fourth-order valence-corrected chi connectivity index (χ4v) is 4.65. The van der Waals surface area contributed by atoms with Crippen molar-refractivity contribution in [2.24, 2.45) is 0 Å². The first-order valence-corrected chi connectivity index (χ1v) is 12.0. The second-order valence-electron chi connectivity index (χ2n) is 7.67. The number of carbonyl (C=O) groups excluding carboxylic acids is 2. The van der Waals surface area contributed by atoms with E-state index in [1.165, 1.54) is 11.8 Å². The number of nitrogens with one attached hydrogen (secondary N) is 2. The Bertz CT molecular complexity index is 1290. The third-order valence-electron chi connectivity index (χ3n) is 5.23. The molecule has 4 rings (SSSR count). The molecular formula is C28H23ClN2O2S. The number of hydrogen-bond donors (Lipinski definition) is 2. The molecule has 0 radical (unpaired) electrons. The summed E-state index contributed by atoms with van der Waals surface area (Å²) in [6, 6.07) is 31.7. The molecule has 0 heterocycles. The number of aryl methyl sites for hydroxylation is 1. The van der Waals surface area contributed by atoms with Crippen LogP contribution in [0.4, 0.5) is 11.4 Å². The van der Waals surface area contributed by atoms with Crippen molar-refractivity contribution in [3.05, 3.63) is 125 Å². The Kier molecular flexibility index (Phi) is 7.68. The number of para-hydroxylation sites is 1. The van der Waals surface area contributed by atoms with Crippen LogP contribution in [-0.2, 0) is 4.79 Å². The summed E-state index contributed by atoms with van der Waals surface area (Å²) in [7, 11) is 0. The number of halogens is 1. The van der Waals surface area contributed by atoms with Gasteiger partial charge in [0.1, 0.15) is 5.25 Å². The van der Waals surface area contributed by atoms with Gasteiger partial charge in [0.05, 0.1) is 10.7 Å². The number of carbonyl (C=O) groups is 2. The zero-order valence-electron chi connectivity index (χ0n) is 18.5. The third kappa shape index (κ3) is 5.87. The highest BCUT2D eigenvalue weighted by molar-refractivity contribution is 8.00. The van der Waals surface area contributed by atoms with Crippen LogP contribution in [-0.4, -0.2) is 11.8 Å². The van der Waals surface area contributed by atoms with Crippen LogP contribution in [0.1, 0.15) is 26.7 Å². The quantitative estimate of drug-likeness (QED) is 0.268. The lowest BCUT2D eigenvalue weighted by molar-refractivity contribution is -0.115. The van der Waals surface area contributed by atoms with E-state index in [0.717, 1.165) is 16.0 Å². The first-order chi connectivity index (χ1) is 16.5. The second-order valence-corrected chi connectivity index (χ2v) is 9.26. The number of thioether (sulfide) groups is 1. The van der Waals surface area contributed by atoms with Gasteiger partial charge in [-0.05, 0) is 60.5 Å². The molecule has 0 saturated carbocycles. The highest BCUT2D eigenvalue weighted by atomic mass is 35.5. The van der Waals surface area contributed by atoms with E-state index in [2.05, 4.69) is 10.6 Å². The van der Waals surface area contributed by atoms with Crippen molar-refractivity contribution in [2.45, 2.75) is 17.1 Å². The maximum atomic E-state index is 13.2. The summed E-state index contributed by atoms with van der Waals surface area (Å²) < 4.78 is 0. The van der Waals surface area contributed by atoms with Crippen molar-refractivity contribution < 1.29 is 9.59 Å². The SMILES string of the molecule is Cc1ccccc1C(=O)Nc1ccc(SC(C(=O)Nc2ccccc2Cl)c2ccccc2)cc1. The summed E-state index contributed by atoms with van der Waals surface area (Å²) in [6.07, 6.45) is 0. The molecule has 2 amide bonds. The summed E-state index contributed by atoms with van der Waals surface area (Å²) in [5.41, 5.74) is 3.71. The average molecular weight is 487 g/mol. The smallest absolute Gasteiger partial charge is 0.255 e. The normalized spacial score (nSPS) is 11.5. The minimum absolute atomic E-state index is 0.153. The zero-order chi connectivity index (χ0) is 23.9. The Morgan fingerprint density at radius 1 is 0.765 bits per heavy atom. The minimum Gasteiger partial charge on any atom is -0.323 e. The first-order valence-electron chi connectivity index (χ1n) is 10.8. The van der Waals surface area contributed by atoms with Crippen molar-refractivity contribution >= 4 is 46.6 Å². The zero-order valence-corrected chi connectivity index (χ0v) is 20.1. The van der Waals surface area contributed by atoms with Gasteiger partial charge in [-0.25, -0.2) is 0 Å². The van der Waals surface area contributed by atoms with Gasteiger partial charge in [0.25, 0.3) is 5.91 Å². The van der Waals surface area contributed by atoms with E-state index < -0.39 is 5.25 Å². The maximum absolute atomic E-state index is 13.2. The lowest BCUT2D eigenvalue weighted by atomic mass is 10.1. The molecule has 0 aliphatic heterocycles. The van der Waals surface area contributed by atoms with Crippen molar-refractivity contribution in [2.75, 3.05) is 10.6 Å². The largest absolute Gasteiger partial charge is 0.323 e. The van der Waals surface area contributed by atoms with Crippen molar-refractivity contribution in [1.82, 2.24) is 0 Å². The fourth-order valence-electron chi connectivity index (χ4n) is 3.44. The average Bonchev–Trinajstić information content (AvgIpc) is 2.85. The molecule has 0 fully saturated rings. The minimum atomic E-state index is -0.482. The molecule has 4 nitrogen and oxygen atoms in total. The standard InChI is InChI=1S/C28H23ClN2O2S/c1-19-9-5-6-12-23(19)27(32)30-21-15-17-22(18-16-21)34-26(20-10-3-2-4-11-20)28(33)31-25-14-8-7-13-24(25)29/h2-18,26H,1H3,(H,30,32)(H,31,33). The van der Waals surface area contributed by atoms with E-state index in [0.29, 0.717) is 22.0 Å². The highest BCUT2D eigenvalue weighted by Crippen LogP contribution is 2.37. The molecule has 0 bridgehead atoms. The number of hydrogen-bond acceptors (Lipinski definition) is 3. The van der Waals surface area contributed by atoms with Crippen molar-refractivity contribution in [3.63, 3.8) is 0 Å². The Hall–Kier alpha value is -3.54. The van der Waals surface area contributed by atoms with Gasteiger partial charge in [-0.3, -0.25) is 9.59 Å². The van der Waals surface area contributed by atoms with E-state index >= 15 is 0 Å². The molecule has 0 aromatic heterocycles. The molecule has 0 saturated heterocycles. The van der Waals surface area contributed by atoms with Gasteiger partial charge in [0.15, 0.2) is 0 Å². The summed E-state index contributed by atoms with van der Waals surface area (Å²) in [6.45, 7) is 1.91. The van der Waals surface area contributed by atoms with E-state index in [-0.39, 0.29) is 11.8 Å². The van der Waals surface area contributed by atoms with Crippen LogP contribution in [0.3, 0.4) is 0 Å². The Morgan fingerprint density at radius 2 is 1.41 bits per heavy atom. The van der Waals surface area contributed by atoms with Crippen LogP contribution < -0.4 is 10.6 Å². The van der Waals surface area contributed by atoms with Crippen LogP contribution in [0.25, 0.3) is 0 Å². The van der Waals surface area contributed by atoms with Crippen molar-refractivity contribution in [1.29, 1.82) is 0 Å². The lowest BCUT2D eigenvalue weighted by Crippen LogP contribution is -2.19. The number of benzene rings is 4. The third-order valence-corrected chi connectivity index (χ3v) is 6.82. The van der Waals surface area contributed by atoms with Crippen LogP contribution in [0, 0.1) is 6.92 Å². The monoisotopic (exact) mass is 486 g/mol. The molecule has 1 unspecified atom stereocenters. The first kappa shape index (κ1) is 23.6. The molecule has 4 aromatic carbocycles. The van der Waals surface area contributed by atoms with Gasteiger partial charge in [0, 0.05) is 16.1 Å². The highest BCUT2D eigenvalue weighted by Gasteiger charge is 2.23. The van der Waals surface area contributed by atoms with Crippen molar-refractivity contribution in [3.8, 4) is 0 Å². The molecule has 34 heavy (non-hydrogen) atoms. The van der Waals surface area contributed by atoms with Gasteiger partial charge in [-0.2, -0.15) is 0 Å². The summed E-state index contributed by atoms with van der Waals surface area (Å²) in [4.78, 5) is 26.7. The van der Waals surface area contributed by atoms with Crippen LogP contribution in [0.2, 0.25) is 5.02 Å². The molecule has 6 heteroatoms. The van der Waals surface area contributed by atoms with E-state index in [1.54, 1.807) is 18.2 Å². The molecule has 0 spiro atoms. The molecule has 2 N–H and O–H groups in total. The summed E-state index contributed by atoms with van der Waals surface area (Å²) in [5.74, 6) is -0.319. The van der Waals surface area contributed by atoms with Gasteiger partial charge >= 0.3 is 0 Å². The molecule has 4 aromatic rings. The van der Waals surface area contributed by atoms with E-state index in [9.17, 15) is 9.59 Å². The van der Waals surface area contributed by atoms with E-state index in [1.807, 2.05) is 91.9 Å². The predicted octanol–water partition coefficient (Wildman–Crippen LogP) is 7.37. The molecule has 1 atom stereocenters. The van der Waals surface area contributed by atoms with Gasteiger partial charge in [-0.1, -0.05) is 72.3 Å². The maximum Gasteiger partial charge on any atom is 0.255 e. The molecule has 0 aliphatic carbocycles. The number of anilines is 2. The number of amides is 2. The van der Waals surface area contributed by atoms with Crippen LogP contribution in [0.15, 0.2) is 108 Å². The fraction of sp³-hybridized carbons (Fsp3) is 0.0714. The lowest BCUT2D eigenvalue weighted by Gasteiger charge is -2.18. The summed E-state index contributed by atoms with van der Waals surface area (Å²) in [5, 5.41) is 5.88. The van der Waals surface area contributed by atoms with Gasteiger partial charge < -0.3 is 10.6 Å². The topological polar surface area (TPSA) is 58.2 Å². The van der Waals surface area contributed by atoms with Gasteiger partial charge in [-0.15, -0.1) is 11.8 Å². The van der Waals surface area contributed by atoms with Crippen LogP contribution in [0.5, 0.6) is 0 Å². The Balaban J connectivity index is 1.50. The summed E-state index contributed by atoms with van der Waals surface area (Å²) >= 11 is 7.67. The Morgan fingerprint density at radius 3 is 2.12 bits per heavy atom. The molecule has 0 aliphatic rings. The van der Waals surface area contributed by atoms with Crippen LogP contribution >= 0.6 is 23.4 Å². The Labute approximate surface area is 208 Å². The number of rotatable bonds is 7. The molecule has 170 valence electrons. The second kappa shape index (κ2) is 11.1. The predicted molar refractivity (Wildman–Crippen MR) is 141 cm³/mol.